The number of oxazole rings is 1. The monoisotopic (exact) mass is 239 g/mol. The molecule has 5 nitrogen and oxygen atoms in total. The van der Waals surface area contributed by atoms with Gasteiger partial charge in [0.05, 0.1) is 5.69 Å². The second kappa shape index (κ2) is 6.93. The summed E-state index contributed by atoms with van der Waals surface area (Å²) in [4.78, 5) is 15.6. The van der Waals surface area contributed by atoms with Crippen LogP contribution in [0.5, 0.6) is 0 Å². The number of aryl methyl sites for hydroxylation is 2. The maximum Gasteiger partial charge on any atom is 0.314 e. The quantitative estimate of drug-likeness (QED) is 0.745. The highest BCUT2D eigenvalue weighted by Crippen LogP contribution is 2.08. The molecule has 0 bridgehead atoms. The Morgan fingerprint density at radius 2 is 2.00 bits per heavy atom. The van der Waals surface area contributed by atoms with Crippen LogP contribution in [0.3, 0.4) is 0 Å². The summed E-state index contributed by atoms with van der Waals surface area (Å²) in [5.74, 6) is 1.50. The van der Waals surface area contributed by atoms with E-state index in [0.717, 1.165) is 30.8 Å². The highest BCUT2D eigenvalue weighted by atomic mass is 16.4. The van der Waals surface area contributed by atoms with Crippen molar-refractivity contribution in [2.75, 3.05) is 13.1 Å². The maximum absolute atomic E-state index is 11.3. The number of aromatic nitrogens is 1. The molecule has 0 saturated carbocycles. The summed E-state index contributed by atoms with van der Waals surface area (Å²) < 4.78 is 5.31. The Hall–Kier alpha value is -1.52. The number of nitrogens with zero attached hydrogens (tertiary/aromatic N) is 1. The first-order valence-corrected chi connectivity index (χ1v) is 6.08. The molecule has 1 rings (SSSR count). The number of carbonyl (C=O) groups excluding carboxylic acids is 1. The van der Waals surface area contributed by atoms with E-state index in [2.05, 4.69) is 22.5 Å². The standard InChI is InChI=1S/C12H21N3O2/c1-4-5-7-13-12(16)14-8-6-11-9(2)17-10(3)15-11/h4-8H2,1-3H3,(H2,13,14,16). The van der Waals surface area contributed by atoms with Crippen LogP contribution in [-0.2, 0) is 6.42 Å². The predicted octanol–water partition coefficient (Wildman–Crippen LogP) is 1.93. The Kier molecular flexibility index (Phi) is 5.52. The number of unbranched alkanes of at least 4 members (excludes halogenated alkanes) is 1. The fourth-order valence-corrected chi connectivity index (χ4v) is 1.54. The van der Waals surface area contributed by atoms with Crippen LogP contribution < -0.4 is 10.6 Å². The molecule has 96 valence electrons. The van der Waals surface area contributed by atoms with Crippen molar-refractivity contribution in [3.8, 4) is 0 Å². The van der Waals surface area contributed by atoms with Gasteiger partial charge in [0.15, 0.2) is 5.89 Å². The normalized spacial score (nSPS) is 10.3. The molecule has 0 aliphatic carbocycles. The summed E-state index contributed by atoms with van der Waals surface area (Å²) >= 11 is 0. The minimum Gasteiger partial charge on any atom is -0.446 e. The molecule has 17 heavy (non-hydrogen) atoms. The SMILES string of the molecule is CCCCNC(=O)NCCc1nc(C)oc1C. The van der Waals surface area contributed by atoms with Crippen molar-refractivity contribution in [3.05, 3.63) is 17.3 Å². The average molecular weight is 239 g/mol. The molecule has 2 amide bonds. The van der Waals surface area contributed by atoms with E-state index in [9.17, 15) is 4.79 Å². The highest BCUT2D eigenvalue weighted by Gasteiger charge is 2.06. The number of amides is 2. The lowest BCUT2D eigenvalue weighted by molar-refractivity contribution is 0.241. The van der Waals surface area contributed by atoms with Crippen molar-refractivity contribution in [2.24, 2.45) is 0 Å². The molecule has 0 unspecified atom stereocenters. The predicted molar refractivity (Wildman–Crippen MR) is 66.0 cm³/mol. The molecular formula is C12H21N3O2. The largest absolute Gasteiger partial charge is 0.446 e. The van der Waals surface area contributed by atoms with E-state index in [0.29, 0.717) is 18.9 Å². The van der Waals surface area contributed by atoms with E-state index in [-0.39, 0.29) is 6.03 Å². The van der Waals surface area contributed by atoms with Crippen molar-refractivity contribution in [3.63, 3.8) is 0 Å². The molecule has 1 aromatic rings. The minimum atomic E-state index is -0.115. The summed E-state index contributed by atoms with van der Waals surface area (Å²) in [5, 5.41) is 5.59. The van der Waals surface area contributed by atoms with Crippen LogP contribution in [-0.4, -0.2) is 24.1 Å². The van der Waals surface area contributed by atoms with Gasteiger partial charge in [0, 0.05) is 26.4 Å². The van der Waals surface area contributed by atoms with Gasteiger partial charge in [-0.1, -0.05) is 13.3 Å². The molecule has 0 aromatic carbocycles. The third-order valence-electron chi connectivity index (χ3n) is 2.46. The third kappa shape index (κ3) is 4.89. The van der Waals surface area contributed by atoms with Crippen molar-refractivity contribution >= 4 is 6.03 Å². The lowest BCUT2D eigenvalue weighted by Gasteiger charge is -2.05. The van der Waals surface area contributed by atoms with Crippen molar-refractivity contribution < 1.29 is 9.21 Å². The molecule has 5 heteroatoms. The Bertz CT molecular complexity index is 361. The van der Waals surface area contributed by atoms with E-state index < -0.39 is 0 Å². The van der Waals surface area contributed by atoms with Crippen LogP contribution in [0, 0.1) is 13.8 Å². The van der Waals surface area contributed by atoms with Gasteiger partial charge in [0.2, 0.25) is 0 Å². The van der Waals surface area contributed by atoms with E-state index in [1.807, 2.05) is 13.8 Å². The number of hydrogen-bond donors (Lipinski definition) is 2. The molecule has 2 N–H and O–H groups in total. The summed E-state index contributed by atoms with van der Waals surface area (Å²) in [7, 11) is 0. The maximum atomic E-state index is 11.3. The molecule has 0 aliphatic rings. The zero-order chi connectivity index (χ0) is 12.7. The topological polar surface area (TPSA) is 67.2 Å². The van der Waals surface area contributed by atoms with Crippen molar-refractivity contribution in [1.82, 2.24) is 15.6 Å². The van der Waals surface area contributed by atoms with E-state index in [4.69, 9.17) is 4.42 Å². The Balaban J connectivity index is 2.19. The number of carbonyl (C=O) groups is 1. The number of urea groups is 1. The van der Waals surface area contributed by atoms with Crippen LogP contribution >= 0.6 is 0 Å². The number of hydrogen-bond acceptors (Lipinski definition) is 3. The fourth-order valence-electron chi connectivity index (χ4n) is 1.54. The lowest BCUT2D eigenvalue weighted by Crippen LogP contribution is -2.37. The van der Waals surface area contributed by atoms with Gasteiger partial charge in [0.1, 0.15) is 5.76 Å². The second-order valence-corrected chi connectivity index (χ2v) is 4.02. The first-order chi connectivity index (χ1) is 8.13. The van der Waals surface area contributed by atoms with Crippen LogP contribution in [0.25, 0.3) is 0 Å². The van der Waals surface area contributed by atoms with E-state index in [1.54, 1.807) is 0 Å². The van der Waals surface area contributed by atoms with Crippen LogP contribution in [0.4, 0.5) is 4.79 Å². The molecule has 0 atom stereocenters. The van der Waals surface area contributed by atoms with Gasteiger partial charge in [-0.15, -0.1) is 0 Å². The van der Waals surface area contributed by atoms with E-state index in [1.165, 1.54) is 0 Å². The summed E-state index contributed by atoms with van der Waals surface area (Å²) in [6, 6.07) is -0.115. The van der Waals surface area contributed by atoms with Crippen molar-refractivity contribution in [2.45, 2.75) is 40.0 Å². The Morgan fingerprint density at radius 3 is 2.59 bits per heavy atom. The Morgan fingerprint density at radius 1 is 1.29 bits per heavy atom. The second-order valence-electron chi connectivity index (χ2n) is 4.02. The molecule has 0 radical (unpaired) electrons. The molecule has 1 aromatic heterocycles. The molecule has 0 aliphatic heterocycles. The van der Waals surface area contributed by atoms with Crippen LogP contribution in [0.2, 0.25) is 0 Å². The van der Waals surface area contributed by atoms with E-state index >= 15 is 0 Å². The van der Waals surface area contributed by atoms with Gasteiger partial charge in [-0.05, 0) is 13.3 Å². The fraction of sp³-hybridized carbons (Fsp3) is 0.667. The average Bonchev–Trinajstić information content (AvgIpc) is 2.58. The summed E-state index contributed by atoms with van der Waals surface area (Å²) in [6.07, 6.45) is 2.79. The van der Waals surface area contributed by atoms with Crippen molar-refractivity contribution in [1.29, 1.82) is 0 Å². The minimum absolute atomic E-state index is 0.115. The molecule has 0 saturated heterocycles. The Labute approximate surface area is 102 Å². The molecule has 1 heterocycles. The van der Waals surface area contributed by atoms with Crippen LogP contribution in [0.15, 0.2) is 4.42 Å². The number of nitrogens with one attached hydrogen (secondary N) is 2. The zero-order valence-electron chi connectivity index (χ0n) is 10.8. The summed E-state index contributed by atoms with van der Waals surface area (Å²) in [5.41, 5.74) is 0.913. The number of rotatable bonds is 6. The zero-order valence-corrected chi connectivity index (χ0v) is 10.8. The molecular weight excluding hydrogens is 218 g/mol. The van der Waals surface area contributed by atoms with Gasteiger partial charge < -0.3 is 15.1 Å². The first-order valence-electron chi connectivity index (χ1n) is 6.08. The molecule has 0 fully saturated rings. The third-order valence-corrected chi connectivity index (χ3v) is 2.46. The van der Waals surface area contributed by atoms with Crippen LogP contribution in [0.1, 0.15) is 37.1 Å². The van der Waals surface area contributed by atoms with Gasteiger partial charge in [-0.2, -0.15) is 0 Å². The smallest absolute Gasteiger partial charge is 0.314 e. The van der Waals surface area contributed by atoms with Gasteiger partial charge in [0.25, 0.3) is 0 Å². The lowest BCUT2D eigenvalue weighted by atomic mass is 10.3. The molecule has 0 spiro atoms. The first kappa shape index (κ1) is 13.5. The van der Waals surface area contributed by atoms with Gasteiger partial charge >= 0.3 is 6.03 Å². The highest BCUT2D eigenvalue weighted by molar-refractivity contribution is 5.73. The summed E-state index contributed by atoms with van der Waals surface area (Å²) in [6.45, 7) is 7.10. The van der Waals surface area contributed by atoms with Gasteiger partial charge in [-0.3, -0.25) is 0 Å². The van der Waals surface area contributed by atoms with Gasteiger partial charge in [-0.25, -0.2) is 9.78 Å².